The molecule has 2 rings (SSSR count). The molecule has 28 heavy (non-hydrogen) atoms. The number of nitrogens with one attached hydrogen (secondary N) is 3. The van der Waals surface area contributed by atoms with Gasteiger partial charge in [0.25, 0.3) is 5.91 Å². The molecule has 0 unspecified atom stereocenters. The molecule has 0 aliphatic rings. The fraction of sp³-hybridized carbons (Fsp3) is 0.333. The van der Waals surface area contributed by atoms with Crippen LogP contribution in [0.15, 0.2) is 48.5 Å². The number of carbonyl (C=O) groups is 2. The van der Waals surface area contributed by atoms with E-state index in [1.807, 2.05) is 24.3 Å². The van der Waals surface area contributed by atoms with Crippen LogP contribution in [0.5, 0.6) is 5.75 Å². The van der Waals surface area contributed by atoms with Gasteiger partial charge in [-0.3, -0.25) is 9.59 Å². The molecule has 0 atom stereocenters. The van der Waals surface area contributed by atoms with Crippen LogP contribution in [0.1, 0.15) is 22.3 Å². The van der Waals surface area contributed by atoms with Crippen molar-refractivity contribution < 1.29 is 19.1 Å². The first-order valence-electron chi connectivity index (χ1n) is 9.13. The number of methoxy groups -OCH3 is 2. The molecule has 7 nitrogen and oxygen atoms in total. The smallest absolute Gasteiger partial charge is 0.251 e. The topological polar surface area (TPSA) is 88.7 Å². The second-order valence-electron chi connectivity index (χ2n) is 6.16. The minimum atomic E-state index is -0.125. The average Bonchev–Trinajstić information content (AvgIpc) is 2.74. The molecule has 2 aromatic rings. The first kappa shape index (κ1) is 21.2. The standard InChI is InChI=1S/C21H27N3O4/c1-27-13-3-12-22-21(26)17-6-8-18(9-7-17)23-15-20(25)24-14-16-4-10-19(28-2)11-5-16/h4-11,23H,3,12-15H2,1-2H3,(H,22,26)(H,24,25). The number of benzene rings is 2. The molecule has 0 radical (unpaired) electrons. The lowest BCUT2D eigenvalue weighted by Gasteiger charge is -2.09. The molecule has 0 saturated heterocycles. The molecule has 0 heterocycles. The van der Waals surface area contributed by atoms with Crippen LogP contribution in [0.3, 0.4) is 0 Å². The van der Waals surface area contributed by atoms with E-state index in [-0.39, 0.29) is 18.4 Å². The SMILES string of the molecule is COCCCNC(=O)c1ccc(NCC(=O)NCc2ccc(OC)cc2)cc1. The van der Waals surface area contributed by atoms with Crippen molar-refractivity contribution in [1.82, 2.24) is 10.6 Å². The Morgan fingerprint density at radius 3 is 2.29 bits per heavy atom. The van der Waals surface area contributed by atoms with E-state index in [4.69, 9.17) is 9.47 Å². The van der Waals surface area contributed by atoms with Crippen LogP contribution in [0.4, 0.5) is 5.69 Å². The summed E-state index contributed by atoms with van der Waals surface area (Å²) in [6.45, 7) is 1.79. The molecule has 2 amide bonds. The average molecular weight is 385 g/mol. The highest BCUT2D eigenvalue weighted by Crippen LogP contribution is 2.11. The first-order chi connectivity index (χ1) is 13.6. The van der Waals surface area contributed by atoms with E-state index in [1.54, 1.807) is 38.5 Å². The summed E-state index contributed by atoms with van der Waals surface area (Å²) >= 11 is 0. The van der Waals surface area contributed by atoms with E-state index in [2.05, 4.69) is 16.0 Å². The maximum Gasteiger partial charge on any atom is 0.251 e. The molecular formula is C21H27N3O4. The highest BCUT2D eigenvalue weighted by atomic mass is 16.5. The lowest BCUT2D eigenvalue weighted by Crippen LogP contribution is -2.29. The number of hydrogen-bond donors (Lipinski definition) is 3. The van der Waals surface area contributed by atoms with E-state index >= 15 is 0 Å². The molecule has 0 fully saturated rings. The zero-order valence-corrected chi connectivity index (χ0v) is 16.3. The predicted molar refractivity (Wildman–Crippen MR) is 109 cm³/mol. The van der Waals surface area contributed by atoms with Crippen LogP contribution in [0, 0.1) is 0 Å². The summed E-state index contributed by atoms with van der Waals surface area (Å²) in [5.74, 6) is 0.541. The number of anilines is 1. The summed E-state index contributed by atoms with van der Waals surface area (Å²) in [7, 11) is 3.25. The van der Waals surface area contributed by atoms with Crippen molar-refractivity contribution in [3.63, 3.8) is 0 Å². The number of amides is 2. The summed E-state index contributed by atoms with van der Waals surface area (Å²) in [6, 6.07) is 14.5. The Labute approximate surface area is 165 Å². The van der Waals surface area contributed by atoms with Gasteiger partial charge in [0.1, 0.15) is 5.75 Å². The van der Waals surface area contributed by atoms with Crippen molar-refractivity contribution in [2.75, 3.05) is 39.2 Å². The minimum Gasteiger partial charge on any atom is -0.497 e. The number of ether oxygens (including phenoxy) is 2. The van der Waals surface area contributed by atoms with Crippen molar-refractivity contribution >= 4 is 17.5 Å². The Kier molecular flexibility index (Phi) is 8.81. The zero-order chi connectivity index (χ0) is 20.2. The second-order valence-corrected chi connectivity index (χ2v) is 6.16. The highest BCUT2D eigenvalue weighted by Gasteiger charge is 2.06. The summed E-state index contributed by atoms with van der Waals surface area (Å²) in [5.41, 5.74) is 2.34. The molecule has 3 N–H and O–H groups in total. The largest absolute Gasteiger partial charge is 0.497 e. The molecule has 0 aliphatic carbocycles. The van der Waals surface area contributed by atoms with Crippen molar-refractivity contribution in [2.45, 2.75) is 13.0 Å². The van der Waals surface area contributed by atoms with E-state index in [0.717, 1.165) is 23.4 Å². The lowest BCUT2D eigenvalue weighted by molar-refractivity contribution is -0.119. The summed E-state index contributed by atoms with van der Waals surface area (Å²) < 4.78 is 10.1. The number of hydrogen-bond acceptors (Lipinski definition) is 5. The Hall–Kier alpha value is -3.06. The summed E-state index contributed by atoms with van der Waals surface area (Å²) in [6.07, 6.45) is 0.771. The monoisotopic (exact) mass is 385 g/mol. The van der Waals surface area contributed by atoms with Crippen molar-refractivity contribution in [1.29, 1.82) is 0 Å². The fourth-order valence-corrected chi connectivity index (χ4v) is 2.45. The van der Waals surface area contributed by atoms with Crippen LogP contribution in [0.2, 0.25) is 0 Å². The first-order valence-corrected chi connectivity index (χ1v) is 9.13. The van der Waals surface area contributed by atoms with Gasteiger partial charge in [0, 0.05) is 38.1 Å². The molecule has 0 aromatic heterocycles. The Balaban J connectivity index is 1.71. The van der Waals surface area contributed by atoms with Gasteiger partial charge < -0.3 is 25.4 Å². The van der Waals surface area contributed by atoms with Crippen LogP contribution < -0.4 is 20.7 Å². The van der Waals surface area contributed by atoms with Crippen molar-refractivity contribution in [3.8, 4) is 5.75 Å². The maximum absolute atomic E-state index is 12.0. The van der Waals surface area contributed by atoms with E-state index < -0.39 is 0 Å². The van der Waals surface area contributed by atoms with Crippen molar-refractivity contribution in [3.05, 3.63) is 59.7 Å². The number of carbonyl (C=O) groups excluding carboxylic acids is 2. The molecule has 0 bridgehead atoms. The number of rotatable bonds is 11. The van der Waals surface area contributed by atoms with Gasteiger partial charge in [-0.25, -0.2) is 0 Å². The third-order valence-electron chi connectivity index (χ3n) is 4.06. The van der Waals surface area contributed by atoms with E-state index in [9.17, 15) is 9.59 Å². The second kappa shape index (κ2) is 11.6. The molecule has 7 heteroatoms. The third-order valence-corrected chi connectivity index (χ3v) is 4.06. The van der Waals surface area contributed by atoms with Gasteiger partial charge in [0.2, 0.25) is 5.91 Å². The zero-order valence-electron chi connectivity index (χ0n) is 16.3. The van der Waals surface area contributed by atoms with Crippen LogP contribution in [0.25, 0.3) is 0 Å². The van der Waals surface area contributed by atoms with Crippen LogP contribution >= 0.6 is 0 Å². The van der Waals surface area contributed by atoms with E-state index in [0.29, 0.717) is 25.3 Å². The quantitative estimate of drug-likeness (QED) is 0.516. The van der Waals surface area contributed by atoms with Crippen molar-refractivity contribution in [2.24, 2.45) is 0 Å². The van der Waals surface area contributed by atoms with Gasteiger partial charge in [-0.05, 0) is 48.4 Å². The molecule has 0 spiro atoms. The maximum atomic E-state index is 12.0. The lowest BCUT2D eigenvalue weighted by atomic mass is 10.2. The predicted octanol–water partition coefficient (Wildman–Crippen LogP) is 2.19. The Bertz CT molecular complexity index is 745. The molecule has 150 valence electrons. The molecule has 0 aliphatic heterocycles. The van der Waals surface area contributed by atoms with Crippen LogP contribution in [-0.4, -0.2) is 45.7 Å². The van der Waals surface area contributed by atoms with Gasteiger partial charge in [0.15, 0.2) is 0 Å². The fourth-order valence-electron chi connectivity index (χ4n) is 2.45. The van der Waals surface area contributed by atoms with Gasteiger partial charge in [0.05, 0.1) is 13.7 Å². The minimum absolute atomic E-state index is 0.115. The molecule has 0 saturated carbocycles. The van der Waals surface area contributed by atoms with Gasteiger partial charge in [-0.2, -0.15) is 0 Å². The normalized spacial score (nSPS) is 10.2. The third kappa shape index (κ3) is 7.28. The van der Waals surface area contributed by atoms with Gasteiger partial charge in [-0.1, -0.05) is 12.1 Å². The highest BCUT2D eigenvalue weighted by molar-refractivity contribution is 5.94. The Morgan fingerprint density at radius 1 is 0.929 bits per heavy atom. The summed E-state index contributed by atoms with van der Waals surface area (Å²) in [4.78, 5) is 24.0. The Morgan fingerprint density at radius 2 is 1.64 bits per heavy atom. The van der Waals surface area contributed by atoms with Gasteiger partial charge >= 0.3 is 0 Å². The molecular weight excluding hydrogens is 358 g/mol. The van der Waals surface area contributed by atoms with E-state index in [1.165, 1.54) is 0 Å². The van der Waals surface area contributed by atoms with Gasteiger partial charge in [-0.15, -0.1) is 0 Å². The molecule has 2 aromatic carbocycles. The summed E-state index contributed by atoms with van der Waals surface area (Å²) in [5, 5.41) is 8.73. The van der Waals surface area contributed by atoms with Crippen LogP contribution in [-0.2, 0) is 16.1 Å².